The average Bonchev–Trinajstić information content (AvgIpc) is 2.52. The molecule has 2 aromatic carbocycles. The number of carbonyl (C=O) groups is 1. The zero-order chi connectivity index (χ0) is 15.1. The smallest absolute Gasteiger partial charge is 0.330 e. The standard InChI is InChI=1S/C17H17NO3/c1-20-17(19)10-8-14-7-9-15(11-16(14)18)21-12-13-5-3-2-4-6-13/h2-11H,12,18H2,1H3. The molecule has 4 heteroatoms. The molecule has 0 aliphatic carbocycles. The monoisotopic (exact) mass is 283 g/mol. The summed E-state index contributed by atoms with van der Waals surface area (Å²) in [6.07, 6.45) is 2.94. The van der Waals surface area contributed by atoms with E-state index in [2.05, 4.69) is 4.74 Å². The van der Waals surface area contributed by atoms with E-state index in [1.807, 2.05) is 36.4 Å². The first-order valence-electron chi connectivity index (χ1n) is 6.51. The van der Waals surface area contributed by atoms with Crippen LogP contribution < -0.4 is 10.5 Å². The molecule has 0 saturated heterocycles. The number of carbonyl (C=O) groups excluding carboxylic acids is 1. The number of nitrogens with two attached hydrogens (primary N) is 1. The third-order valence-electron chi connectivity index (χ3n) is 2.91. The van der Waals surface area contributed by atoms with Crippen molar-refractivity contribution >= 4 is 17.7 Å². The maximum absolute atomic E-state index is 11.0. The number of methoxy groups -OCH3 is 1. The topological polar surface area (TPSA) is 61.5 Å². The number of rotatable bonds is 5. The zero-order valence-electron chi connectivity index (χ0n) is 11.8. The van der Waals surface area contributed by atoms with Crippen LogP contribution in [0.1, 0.15) is 11.1 Å². The van der Waals surface area contributed by atoms with Crippen molar-refractivity contribution in [2.75, 3.05) is 12.8 Å². The molecule has 0 aromatic heterocycles. The summed E-state index contributed by atoms with van der Waals surface area (Å²) in [5, 5.41) is 0. The minimum atomic E-state index is -0.418. The van der Waals surface area contributed by atoms with Gasteiger partial charge in [0.25, 0.3) is 0 Å². The second-order valence-electron chi connectivity index (χ2n) is 4.42. The Kier molecular flexibility index (Phi) is 4.99. The Hall–Kier alpha value is -2.75. The molecule has 2 rings (SSSR count). The maximum Gasteiger partial charge on any atom is 0.330 e. The van der Waals surface area contributed by atoms with Crippen molar-refractivity contribution in [2.45, 2.75) is 6.61 Å². The van der Waals surface area contributed by atoms with Gasteiger partial charge in [0.05, 0.1) is 7.11 Å². The van der Waals surface area contributed by atoms with Crippen molar-refractivity contribution in [3.63, 3.8) is 0 Å². The largest absolute Gasteiger partial charge is 0.489 e. The van der Waals surface area contributed by atoms with E-state index in [-0.39, 0.29) is 0 Å². The van der Waals surface area contributed by atoms with Crippen LogP contribution in [0.4, 0.5) is 5.69 Å². The molecular formula is C17H17NO3. The summed E-state index contributed by atoms with van der Waals surface area (Å²) in [6.45, 7) is 0.484. The van der Waals surface area contributed by atoms with Gasteiger partial charge in [0.2, 0.25) is 0 Å². The molecule has 0 aliphatic heterocycles. The highest BCUT2D eigenvalue weighted by Crippen LogP contribution is 2.22. The lowest BCUT2D eigenvalue weighted by molar-refractivity contribution is -0.134. The predicted octanol–water partition coefficient (Wildman–Crippen LogP) is 3.03. The van der Waals surface area contributed by atoms with Gasteiger partial charge in [-0.05, 0) is 29.3 Å². The van der Waals surface area contributed by atoms with Gasteiger partial charge < -0.3 is 15.2 Å². The van der Waals surface area contributed by atoms with E-state index >= 15 is 0 Å². The van der Waals surface area contributed by atoms with Crippen LogP contribution >= 0.6 is 0 Å². The molecule has 0 atom stereocenters. The van der Waals surface area contributed by atoms with E-state index < -0.39 is 5.97 Å². The molecule has 0 bridgehead atoms. The number of ether oxygens (including phenoxy) is 2. The normalized spacial score (nSPS) is 10.5. The minimum absolute atomic E-state index is 0.418. The highest BCUT2D eigenvalue weighted by Gasteiger charge is 2.01. The molecule has 2 aromatic rings. The van der Waals surface area contributed by atoms with Gasteiger partial charge in [-0.25, -0.2) is 4.79 Å². The molecule has 0 unspecified atom stereocenters. The van der Waals surface area contributed by atoms with Crippen LogP contribution in [0, 0.1) is 0 Å². The molecule has 0 saturated carbocycles. The molecule has 2 N–H and O–H groups in total. The number of nitrogen functional groups attached to an aromatic ring is 1. The average molecular weight is 283 g/mol. The fourth-order valence-corrected chi connectivity index (χ4v) is 1.76. The van der Waals surface area contributed by atoms with Crippen LogP contribution in [0.15, 0.2) is 54.6 Å². The maximum atomic E-state index is 11.0. The van der Waals surface area contributed by atoms with Crippen LogP contribution in [0.25, 0.3) is 6.08 Å². The molecule has 0 fully saturated rings. The Bertz CT molecular complexity index is 636. The fourth-order valence-electron chi connectivity index (χ4n) is 1.76. The molecule has 108 valence electrons. The molecule has 21 heavy (non-hydrogen) atoms. The van der Waals surface area contributed by atoms with E-state index in [0.29, 0.717) is 18.0 Å². The lowest BCUT2D eigenvalue weighted by atomic mass is 10.1. The van der Waals surface area contributed by atoms with Gasteiger partial charge in [-0.1, -0.05) is 30.3 Å². The van der Waals surface area contributed by atoms with Gasteiger partial charge >= 0.3 is 5.97 Å². The van der Waals surface area contributed by atoms with Crippen LogP contribution in [-0.2, 0) is 16.1 Å². The molecule has 4 nitrogen and oxygen atoms in total. The fraction of sp³-hybridized carbons (Fsp3) is 0.118. The predicted molar refractivity (Wildman–Crippen MR) is 82.7 cm³/mol. The quantitative estimate of drug-likeness (QED) is 0.520. The van der Waals surface area contributed by atoms with Gasteiger partial charge in [0, 0.05) is 17.8 Å². The summed E-state index contributed by atoms with van der Waals surface area (Å²) >= 11 is 0. The lowest BCUT2D eigenvalue weighted by Crippen LogP contribution is -1.97. The van der Waals surface area contributed by atoms with Crippen molar-refractivity contribution in [3.05, 3.63) is 65.7 Å². The summed E-state index contributed by atoms with van der Waals surface area (Å²) in [5.41, 5.74) is 8.31. The van der Waals surface area contributed by atoms with Crippen LogP contribution in [-0.4, -0.2) is 13.1 Å². The van der Waals surface area contributed by atoms with Crippen LogP contribution in [0.3, 0.4) is 0 Å². The minimum Gasteiger partial charge on any atom is -0.489 e. The van der Waals surface area contributed by atoms with E-state index in [1.54, 1.807) is 18.2 Å². The summed E-state index contributed by atoms with van der Waals surface area (Å²) in [7, 11) is 1.33. The second-order valence-corrected chi connectivity index (χ2v) is 4.42. The molecule has 0 heterocycles. The van der Waals surface area contributed by atoms with E-state index in [1.165, 1.54) is 13.2 Å². The van der Waals surface area contributed by atoms with E-state index in [4.69, 9.17) is 10.5 Å². The third-order valence-corrected chi connectivity index (χ3v) is 2.91. The second kappa shape index (κ2) is 7.14. The summed E-state index contributed by atoms with van der Waals surface area (Å²) < 4.78 is 10.2. The van der Waals surface area contributed by atoms with E-state index in [0.717, 1.165) is 11.1 Å². The van der Waals surface area contributed by atoms with Crippen molar-refractivity contribution in [3.8, 4) is 5.75 Å². The van der Waals surface area contributed by atoms with Crippen molar-refractivity contribution in [2.24, 2.45) is 0 Å². The third kappa shape index (κ3) is 4.38. The molecule has 0 radical (unpaired) electrons. The summed E-state index contributed by atoms with van der Waals surface area (Å²) in [6, 6.07) is 15.2. The number of benzene rings is 2. The van der Waals surface area contributed by atoms with Crippen molar-refractivity contribution < 1.29 is 14.3 Å². The summed E-state index contributed by atoms with van der Waals surface area (Å²) in [4.78, 5) is 11.0. The van der Waals surface area contributed by atoms with Crippen molar-refractivity contribution in [1.82, 2.24) is 0 Å². The molecule has 0 amide bonds. The number of anilines is 1. The Balaban J connectivity index is 2.02. The van der Waals surface area contributed by atoms with Gasteiger partial charge in [-0.2, -0.15) is 0 Å². The Morgan fingerprint density at radius 3 is 2.62 bits per heavy atom. The molecular weight excluding hydrogens is 266 g/mol. The van der Waals surface area contributed by atoms with Crippen LogP contribution in [0.5, 0.6) is 5.75 Å². The van der Waals surface area contributed by atoms with Crippen LogP contribution in [0.2, 0.25) is 0 Å². The first-order valence-corrected chi connectivity index (χ1v) is 6.51. The Labute approximate surface area is 123 Å². The summed E-state index contributed by atoms with van der Waals surface area (Å²) in [5.74, 6) is 0.269. The zero-order valence-corrected chi connectivity index (χ0v) is 11.8. The molecule has 0 spiro atoms. The highest BCUT2D eigenvalue weighted by molar-refractivity contribution is 5.88. The lowest BCUT2D eigenvalue weighted by Gasteiger charge is -2.08. The van der Waals surface area contributed by atoms with Gasteiger partial charge in [-0.3, -0.25) is 0 Å². The Morgan fingerprint density at radius 1 is 1.19 bits per heavy atom. The number of hydrogen-bond donors (Lipinski definition) is 1. The van der Waals surface area contributed by atoms with Gasteiger partial charge in [0.1, 0.15) is 12.4 Å². The van der Waals surface area contributed by atoms with E-state index in [9.17, 15) is 4.79 Å². The highest BCUT2D eigenvalue weighted by atomic mass is 16.5. The number of hydrogen-bond acceptors (Lipinski definition) is 4. The number of esters is 1. The Morgan fingerprint density at radius 2 is 1.95 bits per heavy atom. The first kappa shape index (κ1) is 14.7. The van der Waals surface area contributed by atoms with Gasteiger partial charge in [0.15, 0.2) is 0 Å². The molecule has 0 aliphatic rings. The van der Waals surface area contributed by atoms with Gasteiger partial charge in [-0.15, -0.1) is 0 Å². The first-order chi connectivity index (χ1) is 10.2. The van der Waals surface area contributed by atoms with Crippen molar-refractivity contribution in [1.29, 1.82) is 0 Å². The SMILES string of the molecule is COC(=O)C=Cc1ccc(OCc2ccccc2)cc1N.